The smallest absolute Gasteiger partial charge is 0.202 e. The molecule has 16 heavy (non-hydrogen) atoms. The van der Waals surface area contributed by atoms with Crippen molar-refractivity contribution in [3.63, 3.8) is 0 Å². The largest absolute Gasteiger partial charge is 0.383 e. The van der Waals surface area contributed by atoms with E-state index < -0.39 is 0 Å². The Morgan fingerprint density at radius 3 is 3.00 bits per heavy atom. The highest BCUT2D eigenvalue weighted by atomic mass is 16.5. The van der Waals surface area contributed by atoms with Crippen LogP contribution < -0.4 is 5.32 Å². The monoisotopic (exact) mass is 226 g/mol. The summed E-state index contributed by atoms with van der Waals surface area (Å²) < 4.78 is 7.17. The Bertz CT molecular complexity index is 287. The van der Waals surface area contributed by atoms with Crippen LogP contribution in [0.1, 0.15) is 6.92 Å². The molecule has 0 radical (unpaired) electrons. The van der Waals surface area contributed by atoms with E-state index in [1.165, 1.54) is 0 Å². The van der Waals surface area contributed by atoms with E-state index in [1.807, 2.05) is 12.4 Å². The van der Waals surface area contributed by atoms with Crippen molar-refractivity contribution in [2.24, 2.45) is 0 Å². The van der Waals surface area contributed by atoms with Crippen LogP contribution in [0.2, 0.25) is 0 Å². The molecule has 0 spiro atoms. The highest BCUT2D eigenvalue weighted by molar-refractivity contribution is 5.25. The van der Waals surface area contributed by atoms with E-state index in [0.29, 0.717) is 0 Å². The lowest BCUT2D eigenvalue weighted by atomic mass is 10.5. The Morgan fingerprint density at radius 2 is 2.31 bits per heavy atom. The summed E-state index contributed by atoms with van der Waals surface area (Å²) in [6.07, 6.45) is 3.83. The van der Waals surface area contributed by atoms with Crippen LogP contribution in [0.15, 0.2) is 12.4 Å². The SMILES string of the molecule is CCNc1nccn1CCN(C)CCOC. The first kappa shape index (κ1) is 13.0. The predicted octanol–water partition coefficient (Wildman–Crippen LogP) is 0.893. The van der Waals surface area contributed by atoms with Crippen LogP contribution in [0.3, 0.4) is 0 Å². The van der Waals surface area contributed by atoms with E-state index >= 15 is 0 Å². The Kier molecular flexibility index (Phi) is 5.88. The van der Waals surface area contributed by atoms with Gasteiger partial charge in [0.25, 0.3) is 0 Å². The topological polar surface area (TPSA) is 42.3 Å². The van der Waals surface area contributed by atoms with Gasteiger partial charge in [0.2, 0.25) is 5.95 Å². The average Bonchev–Trinajstić information content (AvgIpc) is 2.72. The fraction of sp³-hybridized carbons (Fsp3) is 0.727. The van der Waals surface area contributed by atoms with Gasteiger partial charge < -0.3 is 19.5 Å². The maximum absolute atomic E-state index is 5.04. The molecule has 0 unspecified atom stereocenters. The Balaban J connectivity index is 2.32. The Morgan fingerprint density at radius 1 is 1.50 bits per heavy atom. The van der Waals surface area contributed by atoms with Gasteiger partial charge in [-0.25, -0.2) is 4.98 Å². The molecule has 1 aromatic rings. The molecule has 0 fully saturated rings. The molecule has 0 aliphatic rings. The van der Waals surface area contributed by atoms with E-state index in [1.54, 1.807) is 7.11 Å². The maximum atomic E-state index is 5.04. The number of nitrogens with one attached hydrogen (secondary N) is 1. The van der Waals surface area contributed by atoms with E-state index in [0.717, 1.165) is 38.7 Å². The number of ether oxygens (including phenoxy) is 1. The summed E-state index contributed by atoms with van der Waals surface area (Å²) >= 11 is 0. The van der Waals surface area contributed by atoms with Crippen LogP contribution in [0.5, 0.6) is 0 Å². The number of rotatable bonds is 8. The summed E-state index contributed by atoms with van der Waals surface area (Å²) in [5.74, 6) is 0.947. The van der Waals surface area contributed by atoms with Gasteiger partial charge in [-0.15, -0.1) is 0 Å². The molecule has 0 saturated heterocycles. The van der Waals surface area contributed by atoms with Crippen LogP contribution in [0.4, 0.5) is 5.95 Å². The first-order chi connectivity index (χ1) is 7.77. The molecule has 0 aliphatic heterocycles. The normalized spacial score (nSPS) is 11.0. The van der Waals surface area contributed by atoms with Crippen molar-refractivity contribution in [3.05, 3.63) is 12.4 Å². The molecular formula is C11H22N4O. The van der Waals surface area contributed by atoms with Crippen LogP contribution >= 0.6 is 0 Å². The van der Waals surface area contributed by atoms with Crippen LogP contribution in [-0.4, -0.2) is 54.8 Å². The van der Waals surface area contributed by atoms with Gasteiger partial charge in [0.05, 0.1) is 6.61 Å². The average molecular weight is 226 g/mol. The second kappa shape index (κ2) is 7.24. The second-order valence-corrected chi connectivity index (χ2v) is 3.77. The fourth-order valence-electron chi connectivity index (χ4n) is 1.45. The number of aromatic nitrogens is 2. The number of likely N-dealkylation sites (N-methyl/N-ethyl adjacent to an activating group) is 1. The molecule has 0 saturated carbocycles. The molecule has 92 valence electrons. The third kappa shape index (κ3) is 4.20. The zero-order chi connectivity index (χ0) is 11.8. The van der Waals surface area contributed by atoms with E-state index in [-0.39, 0.29) is 0 Å². The van der Waals surface area contributed by atoms with Crippen molar-refractivity contribution < 1.29 is 4.74 Å². The van der Waals surface area contributed by atoms with Gasteiger partial charge in [0, 0.05) is 45.7 Å². The number of nitrogens with zero attached hydrogens (tertiary/aromatic N) is 3. The standard InChI is InChI=1S/C11H22N4O/c1-4-12-11-13-5-6-15(11)8-7-14(2)9-10-16-3/h5-6H,4,7-10H2,1-3H3,(H,12,13). The van der Waals surface area contributed by atoms with Crippen LogP contribution in [0.25, 0.3) is 0 Å². The zero-order valence-electron chi connectivity index (χ0n) is 10.4. The van der Waals surface area contributed by atoms with Crippen molar-refractivity contribution in [2.75, 3.05) is 45.7 Å². The van der Waals surface area contributed by atoms with Crippen molar-refractivity contribution in [3.8, 4) is 0 Å². The van der Waals surface area contributed by atoms with Gasteiger partial charge >= 0.3 is 0 Å². The molecule has 5 nitrogen and oxygen atoms in total. The molecule has 0 aromatic carbocycles. The van der Waals surface area contributed by atoms with E-state index in [4.69, 9.17) is 4.74 Å². The van der Waals surface area contributed by atoms with Crippen molar-refractivity contribution in [1.29, 1.82) is 0 Å². The van der Waals surface area contributed by atoms with Crippen molar-refractivity contribution in [2.45, 2.75) is 13.5 Å². The zero-order valence-corrected chi connectivity index (χ0v) is 10.4. The first-order valence-electron chi connectivity index (χ1n) is 5.70. The molecule has 0 bridgehead atoms. The maximum Gasteiger partial charge on any atom is 0.202 e. The minimum Gasteiger partial charge on any atom is -0.383 e. The molecule has 0 amide bonds. The lowest BCUT2D eigenvalue weighted by Crippen LogP contribution is -2.27. The third-order valence-electron chi connectivity index (χ3n) is 2.45. The van der Waals surface area contributed by atoms with Gasteiger partial charge in [-0.3, -0.25) is 0 Å². The molecule has 1 heterocycles. The number of imidazole rings is 1. The van der Waals surface area contributed by atoms with E-state index in [2.05, 4.69) is 33.7 Å². The lowest BCUT2D eigenvalue weighted by Gasteiger charge is -2.17. The van der Waals surface area contributed by atoms with Gasteiger partial charge in [-0.05, 0) is 14.0 Å². The minimum atomic E-state index is 0.778. The number of hydrogen-bond donors (Lipinski definition) is 1. The van der Waals surface area contributed by atoms with Gasteiger partial charge in [-0.2, -0.15) is 0 Å². The summed E-state index contributed by atoms with van der Waals surface area (Å²) in [4.78, 5) is 6.50. The number of hydrogen-bond acceptors (Lipinski definition) is 4. The Hall–Kier alpha value is -1.07. The summed E-state index contributed by atoms with van der Waals surface area (Å²) in [7, 11) is 3.83. The fourth-order valence-corrected chi connectivity index (χ4v) is 1.45. The molecule has 1 aromatic heterocycles. The molecule has 0 aliphatic carbocycles. The lowest BCUT2D eigenvalue weighted by molar-refractivity contribution is 0.159. The number of methoxy groups -OCH3 is 1. The Labute approximate surface area is 97.4 Å². The summed E-state index contributed by atoms with van der Waals surface area (Å²) in [5, 5.41) is 3.23. The summed E-state index contributed by atoms with van der Waals surface area (Å²) in [6, 6.07) is 0. The quantitative estimate of drug-likeness (QED) is 0.715. The van der Waals surface area contributed by atoms with Gasteiger partial charge in [-0.1, -0.05) is 0 Å². The molecule has 5 heteroatoms. The molecular weight excluding hydrogens is 204 g/mol. The molecule has 1 rings (SSSR count). The van der Waals surface area contributed by atoms with Gasteiger partial charge in [0.1, 0.15) is 0 Å². The highest BCUT2D eigenvalue weighted by Gasteiger charge is 2.02. The minimum absolute atomic E-state index is 0.778. The molecule has 1 N–H and O–H groups in total. The van der Waals surface area contributed by atoms with Crippen LogP contribution in [0, 0.1) is 0 Å². The van der Waals surface area contributed by atoms with E-state index in [9.17, 15) is 0 Å². The molecule has 0 atom stereocenters. The third-order valence-corrected chi connectivity index (χ3v) is 2.45. The van der Waals surface area contributed by atoms with Crippen molar-refractivity contribution in [1.82, 2.24) is 14.5 Å². The van der Waals surface area contributed by atoms with Crippen LogP contribution in [-0.2, 0) is 11.3 Å². The van der Waals surface area contributed by atoms with Gasteiger partial charge in [0.15, 0.2) is 0 Å². The first-order valence-corrected chi connectivity index (χ1v) is 5.70. The van der Waals surface area contributed by atoms with Crippen molar-refractivity contribution >= 4 is 5.95 Å². The number of anilines is 1. The second-order valence-electron chi connectivity index (χ2n) is 3.77. The predicted molar refractivity (Wildman–Crippen MR) is 65.8 cm³/mol. The highest BCUT2D eigenvalue weighted by Crippen LogP contribution is 2.03. The summed E-state index contributed by atoms with van der Waals surface area (Å²) in [5.41, 5.74) is 0. The summed E-state index contributed by atoms with van der Waals surface area (Å²) in [6.45, 7) is 6.66.